The molecular formula is C37H37N3O7. The van der Waals surface area contributed by atoms with Crippen molar-refractivity contribution in [3.63, 3.8) is 0 Å². The van der Waals surface area contributed by atoms with E-state index in [9.17, 15) is 19.5 Å². The summed E-state index contributed by atoms with van der Waals surface area (Å²) in [5, 5.41) is 11.8. The van der Waals surface area contributed by atoms with Crippen LogP contribution in [0, 0.1) is 30.6 Å². The number of ether oxygens (including phenoxy) is 2. The van der Waals surface area contributed by atoms with Crippen molar-refractivity contribution in [2.45, 2.75) is 38.0 Å². The van der Waals surface area contributed by atoms with Gasteiger partial charge in [-0.2, -0.15) is 5.01 Å². The van der Waals surface area contributed by atoms with E-state index in [4.69, 9.17) is 9.47 Å². The van der Waals surface area contributed by atoms with Gasteiger partial charge in [0.2, 0.25) is 11.8 Å². The molecule has 0 aromatic heterocycles. The molecule has 2 aliphatic carbocycles. The molecule has 7 rings (SSSR count). The van der Waals surface area contributed by atoms with E-state index >= 15 is 4.79 Å². The van der Waals surface area contributed by atoms with Crippen LogP contribution in [0.5, 0.6) is 17.2 Å². The highest BCUT2D eigenvalue weighted by atomic mass is 16.5. The fourth-order valence-corrected chi connectivity index (χ4v) is 8.65. The predicted molar refractivity (Wildman–Crippen MR) is 172 cm³/mol. The average molecular weight is 636 g/mol. The van der Waals surface area contributed by atoms with Crippen LogP contribution in [0.1, 0.15) is 42.4 Å². The number of nitrogens with zero attached hydrogens (tertiary/aromatic N) is 2. The molecule has 0 bridgehead atoms. The summed E-state index contributed by atoms with van der Waals surface area (Å²) in [6.07, 6.45) is 2.50. The molecule has 4 amide bonds. The van der Waals surface area contributed by atoms with Crippen molar-refractivity contribution in [3.8, 4) is 17.2 Å². The third-order valence-electron chi connectivity index (χ3n) is 10.6. The lowest BCUT2D eigenvalue weighted by atomic mass is 9.49. The van der Waals surface area contributed by atoms with Gasteiger partial charge in [0.05, 0.1) is 43.1 Å². The largest absolute Gasteiger partial charge is 0.508 e. The first-order valence-corrected chi connectivity index (χ1v) is 15.9. The first kappa shape index (κ1) is 30.5. The minimum Gasteiger partial charge on any atom is -0.508 e. The molecule has 242 valence electrons. The monoisotopic (exact) mass is 635 g/mol. The molecule has 2 heterocycles. The number of nitrogens with one attached hydrogen (secondary N) is 1. The number of hydrazine groups is 1. The Balaban J connectivity index is 1.51. The van der Waals surface area contributed by atoms with Gasteiger partial charge < -0.3 is 14.6 Å². The number of fused-ring (bicyclic) bond motifs is 4. The number of hydrogen-bond donors (Lipinski definition) is 2. The summed E-state index contributed by atoms with van der Waals surface area (Å²) in [5.74, 6) is -4.35. The molecule has 6 atom stereocenters. The van der Waals surface area contributed by atoms with E-state index in [-0.39, 0.29) is 42.0 Å². The lowest BCUT2D eigenvalue weighted by Crippen LogP contribution is -2.53. The summed E-state index contributed by atoms with van der Waals surface area (Å²) in [7, 11) is 2.95. The lowest BCUT2D eigenvalue weighted by molar-refractivity contribution is -0.141. The Labute approximate surface area is 272 Å². The average Bonchev–Trinajstić information content (AvgIpc) is 3.46. The second-order valence-corrected chi connectivity index (χ2v) is 12.8. The second-order valence-electron chi connectivity index (χ2n) is 12.8. The Bertz CT molecular complexity index is 1800. The number of aromatic hydroxyl groups is 1. The zero-order valence-electron chi connectivity index (χ0n) is 26.7. The van der Waals surface area contributed by atoms with Gasteiger partial charge in [0.25, 0.3) is 11.8 Å². The van der Waals surface area contributed by atoms with Crippen LogP contribution in [0.4, 0.5) is 5.69 Å². The van der Waals surface area contributed by atoms with E-state index in [1.807, 2.05) is 67.6 Å². The van der Waals surface area contributed by atoms with E-state index in [0.717, 1.165) is 16.1 Å². The van der Waals surface area contributed by atoms with Gasteiger partial charge in [-0.1, -0.05) is 59.7 Å². The van der Waals surface area contributed by atoms with Gasteiger partial charge in [0, 0.05) is 30.2 Å². The summed E-state index contributed by atoms with van der Waals surface area (Å²) in [5.41, 5.74) is 5.11. The maximum absolute atomic E-state index is 15.3. The lowest BCUT2D eigenvalue weighted by Gasteiger charge is -2.51. The molecule has 10 nitrogen and oxygen atoms in total. The second kappa shape index (κ2) is 11.3. The van der Waals surface area contributed by atoms with Crippen molar-refractivity contribution in [3.05, 3.63) is 95.1 Å². The van der Waals surface area contributed by atoms with Crippen LogP contribution in [0.3, 0.4) is 0 Å². The smallest absolute Gasteiger partial charge is 0.260 e. The summed E-state index contributed by atoms with van der Waals surface area (Å²) in [6, 6.07) is 19.6. The Kier molecular flexibility index (Phi) is 7.33. The topological polar surface area (TPSA) is 125 Å². The van der Waals surface area contributed by atoms with E-state index in [0.29, 0.717) is 23.2 Å². The Morgan fingerprint density at radius 3 is 2.17 bits per heavy atom. The number of allylic oxidation sites excluding steroid dienone is 2. The summed E-state index contributed by atoms with van der Waals surface area (Å²) in [4.78, 5) is 58.6. The molecule has 3 aromatic carbocycles. The van der Waals surface area contributed by atoms with Crippen molar-refractivity contribution in [1.29, 1.82) is 0 Å². The van der Waals surface area contributed by atoms with E-state index < -0.39 is 46.8 Å². The van der Waals surface area contributed by atoms with Crippen LogP contribution in [-0.2, 0) is 24.6 Å². The molecule has 47 heavy (non-hydrogen) atoms. The highest BCUT2D eigenvalue weighted by Crippen LogP contribution is 2.66. The maximum Gasteiger partial charge on any atom is 0.260 e. The molecular weight excluding hydrogens is 598 g/mol. The number of phenolic OH excluding ortho intramolecular Hbond substituents is 1. The van der Waals surface area contributed by atoms with Gasteiger partial charge in [-0.05, 0) is 50.3 Å². The van der Waals surface area contributed by atoms with E-state index in [1.165, 1.54) is 31.3 Å². The van der Waals surface area contributed by atoms with Crippen molar-refractivity contribution in [1.82, 2.24) is 9.91 Å². The van der Waals surface area contributed by atoms with Crippen LogP contribution < -0.4 is 14.9 Å². The SMILES string of the molecule is CCN1C(=O)[C@H]2[C@H](CC=C3[C@H]2C[C@H]2C(=O)N(Nc4ccc(C)cc4)C(=O)[C@@]2(c2ccccc2)[C@H]3c2c(OC)cc(O)cc2OC)C1=O. The van der Waals surface area contributed by atoms with Crippen LogP contribution in [0.15, 0.2) is 78.4 Å². The molecule has 0 radical (unpaired) electrons. The van der Waals surface area contributed by atoms with Crippen LogP contribution >= 0.6 is 0 Å². The number of carbonyl (C=O) groups is 4. The van der Waals surface area contributed by atoms with Crippen molar-refractivity contribution in [2.24, 2.45) is 23.7 Å². The minimum atomic E-state index is -1.49. The number of aryl methyl sites for hydroxylation is 1. The summed E-state index contributed by atoms with van der Waals surface area (Å²) >= 11 is 0. The van der Waals surface area contributed by atoms with E-state index in [1.54, 1.807) is 6.92 Å². The highest BCUT2D eigenvalue weighted by Gasteiger charge is 2.71. The number of methoxy groups -OCH3 is 2. The molecule has 0 spiro atoms. The molecule has 2 saturated heterocycles. The van der Waals surface area contributed by atoms with Crippen LogP contribution in [0.25, 0.3) is 0 Å². The zero-order chi connectivity index (χ0) is 33.2. The van der Waals surface area contributed by atoms with Gasteiger partial charge >= 0.3 is 0 Å². The third-order valence-corrected chi connectivity index (χ3v) is 10.6. The molecule has 3 fully saturated rings. The minimum absolute atomic E-state index is 0.0931. The fourth-order valence-electron chi connectivity index (χ4n) is 8.65. The van der Waals surface area contributed by atoms with Gasteiger partial charge in [-0.25, -0.2) is 0 Å². The number of amides is 4. The Hall–Kier alpha value is -5.12. The number of phenols is 1. The predicted octanol–water partition coefficient (Wildman–Crippen LogP) is 4.72. The van der Waals surface area contributed by atoms with Crippen molar-refractivity contribution >= 4 is 29.3 Å². The number of hydrogen-bond acceptors (Lipinski definition) is 8. The van der Waals surface area contributed by atoms with Crippen molar-refractivity contribution in [2.75, 3.05) is 26.2 Å². The molecule has 2 N–H and O–H groups in total. The molecule has 10 heteroatoms. The van der Waals surface area contributed by atoms with Crippen LogP contribution in [0.2, 0.25) is 0 Å². The quantitative estimate of drug-likeness (QED) is 0.282. The van der Waals surface area contributed by atoms with Gasteiger partial charge in [-0.3, -0.25) is 29.5 Å². The number of carbonyl (C=O) groups excluding carboxylic acids is 4. The van der Waals surface area contributed by atoms with Gasteiger partial charge in [0.1, 0.15) is 17.2 Å². The van der Waals surface area contributed by atoms with Gasteiger partial charge in [-0.15, -0.1) is 0 Å². The third kappa shape index (κ3) is 4.30. The molecule has 1 saturated carbocycles. The van der Waals surface area contributed by atoms with Crippen LogP contribution in [-0.4, -0.2) is 59.4 Å². The summed E-state index contributed by atoms with van der Waals surface area (Å²) in [6.45, 7) is 4.00. The normalized spacial score (nSPS) is 28.1. The summed E-state index contributed by atoms with van der Waals surface area (Å²) < 4.78 is 11.7. The Morgan fingerprint density at radius 2 is 1.55 bits per heavy atom. The number of rotatable bonds is 7. The number of anilines is 1. The maximum atomic E-state index is 15.3. The number of benzene rings is 3. The number of imide groups is 2. The molecule has 2 aliphatic heterocycles. The zero-order valence-corrected chi connectivity index (χ0v) is 26.7. The molecule has 0 unspecified atom stereocenters. The van der Waals surface area contributed by atoms with Gasteiger partial charge in [0.15, 0.2) is 0 Å². The van der Waals surface area contributed by atoms with Crippen molar-refractivity contribution < 1.29 is 33.8 Å². The Morgan fingerprint density at radius 1 is 0.894 bits per heavy atom. The van der Waals surface area contributed by atoms with E-state index in [2.05, 4.69) is 5.43 Å². The standard InChI is InChI=1S/C37H37N3O7/c1-5-39-33(42)25-16-15-24-26(30(25)35(39)44)19-27-34(43)40(38-22-13-11-20(2)12-14-22)36(45)37(27,21-9-7-6-8-10-21)32(24)31-28(46-3)17-23(41)18-29(31)47-4/h6-15,17-18,25-27,30,32,38,41H,5,16,19H2,1-4H3/t25-,26+,27-,30-,32+,37+/m0/s1. The first-order valence-electron chi connectivity index (χ1n) is 15.9. The first-order chi connectivity index (χ1) is 22.7. The number of likely N-dealkylation sites (tertiary alicyclic amines) is 1. The molecule has 4 aliphatic rings. The molecule has 3 aromatic rings. The fraction of sp³-hybridized carbons (Fsp3) is 0.351. The highest BCUT2D eigenvalue weighted by molar-refractivity contribution is 6.13.